The summed E-state index contributed by atoms with van der Waals surface area (Å²) in [6.07, 6.45) is 3.56. The zero-order valence-corrected chi connectivity index (χ0v) is 12.6. The lowest BCUT2D eigenvalue weighted by atomic mass is 10.2. The summed E-state index contributed by atoms with van der Waals surface area (Å²) in [5.74, 6) is 5.67. The number of rotatable bonds is 3. The first-order chi connectivity index (χ1) is 10.2. The number of nitrogens with one attached hydrogen (secondary N) is 1. The summed E-state index contributed by atoms with van der Waals surface area (Å²) >= 11 is 6.10. The summed E-state index contributed by atoms with van der Waals surface area (Å²) in [4.78, 5) is 21.1. The van der Waals surface area contributed by atoms with E-state index in [9.17, 15) is 4.79 Å². The molecule has 2 fully saturated rings. The Balaban J connectivity index is 1.71. The highest BCUT2D eigenvalue weighted by atomic mass is 35.5. The SMILES string of the molecule is NNc1ccc(Cl)c(C(=O)N2CCC(N3CCCC3)C2)n1. The third-order valence-electron chi connectivity index (χ3n) is 4.30. The van der Waals surface area contributed by atoms with Gasteiger partial charge in [-0.2, -0.15) is 0 Å². The number of hydrazine groups is 1. The summed E-state index contributed by atoms with van der Waals surface area (Å²) in [5.41, 5.74) is 2.72. The van der Waals surface area contributed by atoms with Gasteiger partial charge in [0.1, 0.15) is 11.5 Å². The first-order valence-corrected chi connectivity index (χ1v) is 7.73. The number of nitrogens with zero attached hydrogens (tertiary/aromatic N) is 3. The highest BCUT2D eigenvalue weighted by Gasteiger charge is 2.33. The quantitative estimate of drug-likeness (QED) is 0.651. The Bertz CT molecular complexity index is 532. The molecule has 1 amide bonds. The molecule has 0 aliphatic carbocycles. The Morgan fingerprint density at radius 1 is 1.33 bits per heavy atom. The molecule has 3 rings (SSSR count). The van der Waals surface area contributed by atoms with Gasteiger partial charge >= 0.3 is 0 Å². The second-order valence-electron chi connectivity index (χ2n) is 5.61. The third kappa shape index (κ3) is 2.97. The van der Waals surface area contributed by atoms with Crippen LogP contribution in [-0.4, -0.2) is 52.9 Å². The van der Waals surface area contributed by atoms with Crippen LogP contribution in [0.25, 0.3) is 0 Å². The largest absolute Gasteiger partial charge is 0.336 e. The molecule has 7 heteroatoms. The van der Waals surface area contributed by atoms with E-state index >= 15 is 0 Å². The molecule has 2 saturated heterocycles. The maximum atomic E-state index is 12.6. The number of likely N-dealkylation sites (tertiary alicyclic amines) is 2. The molecule has 1 atom stereocenters. The number of hydrogen-bond donors (Lipinski definition) is 2. The average Bonchev–Trinajstić information content (AvgIpc) is 3.18. The van der Waals surface area contributed by atoms with E-state index in [4.69, 9.17) is 17.4 Å². The first-order valence-electron chi connectivity index (χ1n) is 7.35. The van der Waals surface area contributed by atoms with Crippen LogP contribution in [0.2, 0.25) is 5.02 Å². The van der Waals surface area contributed by atoms with Crippen LogP contribution < -0.4 is 11.3 Å². The summed E-state index contributed by atoms with van der Waals surface area (Å²) in [5, 5.41) is 0.364. The van der Waals surface area contributed by atoms with Gasteiger partial charge in [0.2, 0.25) is 0 Å². The molecule has 2 aliphatic rings. The number of pyridine rings is 1. The minimum Gasteiger partial charge on any atom is -0.336 e. The van der Waals surface area contributed by atoms with Crippen molar-refractivity contribution in [2.75, 3.05) is 31.6 Å². The van der Waals surface area contributed by atoms with Crippen molar-refractivity contribution in [3.05, 3.63) is 22.8 Å². The van der Waals surface area contributed by atoms with E-state index in [1.54, 1.807) is 12.1 Å². The number of nitrogens with two attached hydrogens (primary N) is 1. The van der Waals surface area contributed by atoms with Gasteiger partial charge < -0.3 is 10.3 Å². The van der Waals surface area contributed by atoms with E-state index in [2.05, 4.69) is 15.3 Å². The van der Waals surface area contributed by atoms with Crippen LogP contribution in [0.3, 0.4) is 0 Å². The lowest BCUT2D eigenvalue weighted by Crippen LogP contribution is -2.37. The van der Waals surface area contributed by atoms with Crippen LogP contribution in [0.4, 0.5) is 5.82 Å². The van der Waals surface area contributed by atoms with E-state index in [0.717, 1.165) is 32.6 Å². The van der Waals surface area contributed by atoms with Crippen molar-refractivity contribution in [3.63, 3.8) is 0 Å². The van der Waals surface area contributed by atoms with Gasteiger partial charge in [-0.25, -0.2) is 10.8 Å². The third-order valence-corrected chi connectivity index (χ3v) is 4.61. The number of carbonyl (C=O) groups excluding carboxylic acids is 1. The van der Waals surface area contributed by atoms with Crippen molar-refractivity contribution >= 4 is 23.3 Å². The Morgan fingerprint density at radius 3 is 2.81 bits per heavy atom. The lowest BCUT2D eigenvalue weighted by Gasteiger charge is -2.23. The number of carbonyl (C=O) groups is 1. The van der Waals surface area contributed by atoms with Gasteiger partial charge in [0.25, 0.3) is 5.91 Å². The monoisotopic (exact) mass is 309 g/mol. The Labute approximate surface area is 129 Å². The average molecular weight is 310 g/mol. The van der Waals surface area contributed by atoms with E-state index in [1.165, 1.54) is 12.8 Å². The topological polar surface area (TPSA) is 74.5 Å². The molecule has 0 bridgehead atoms. The van der Waals surface area contributed by atoms with Crippen LogP contribution in [-0.2, 0) is 0 Å². The summed E-state index contributed by atoms with van der Waals surface area (Å²) in [6.45, 7) is 3.83. The molecule has 0 radical (unpaired) electrons. The summed E-state index contributed by atoms with van der Waals surface area (Å²) in [7, 11) is 0. The fraction of sp³-hybridized carbons (Fsp3) is 0.571. The van der Waals surface area contributed by atoms with Crippen LogP contribution in [0, 0.1) is 0 Å². The van der Waals surface area contributed by atoms with Crippen LogP contribution in [0.1, 0.15) is 29.8 Å². The number of nitrogen functional groups attached to an aromatic ring is 1. The van der Waals surface area contributed by atoms with Crippen molar-refractivity contribution in [1.29, 1.82) is 0 Å². The van der Waals surface area contributed by atoms with Crippen molar-refractivity contribution in [1.82, 2.24) is 14.8 Å². The summed E-state index contributed by atoms with van der Waals surface area (Å²) < 4.78 is 0. The molecule has 114 valence electrons. The van der Waals surface area contributed by atoms with Gasteiger partial charge in [0.15, 0.2) is 0 Å². The highest BCUT2D eigenvalue weighted by Crippen LogP contribution is 2.24. The predicted molar refractivity (Wildman–Crippen MR) is 82.2 cm³/mol. The maximum Gasteiger partial charge on any atom is 0.274 e. The molecular formula is C14H20ClN5O. The fourth-order valence-corrected chi connectivity index (χ4v) is 3.34. The summed E-state index contributed by atoms with van der Waals surface area (Å²) in [6, 6.07) is 3.77. The van der Waals surface area contributed by atoms with Gasteiger partial charge in [-0.3, -0.25) is 9.69 Å². The van der Waals surface area contributed by atoms with Crippen molar-refractivity contribution < 1.29 is 4.79 Å². The minimum atomic E-state index is -0.112. The van der Waals surface area contributed by atoms with Crippen LogP contribution in [0.5, 0.6) is 0 Å². The molecule has 3 N–H and O–H groups in total. The molecule has 0 spiro atoms. The van der Waals surface area contributed by atoms with E-state index in [1.807, 2.05) is 4.90 Å². The molecule has 0 saturated carbocycles. The minimum absolute atomic E-state index is 0.112. The van der Waals surface area contributed by atoms with Crippen molar-refractivity contribution in [2.24, 2.45) is 5.84 Å². The van der Waals surface area contributed by atoms with Crippen molar-refractivity contribution in [3.8, 4) is 0 Å². The Hall–Kier alpha value is -1.37. The standard InChI is InChI=1S/C14H20ClN5O/c15-11-3-4-12(18-16)17-13(11)14(21)20-8-5-10(9-20)19-6-1-2-7-19/h3-4,10H,1-2,5-9,16H2,(H,17,18). The molecule has 2 aliphatic heterocycles. The maximum absolute atomic E-state index is 12.6. The Morgan fingerprint density at radius 2 is 2.10 bits per heavy atom. The first kappa shape index (κ1) is 14.6. The van der Waals surface area contributed by atoms with E-state index < -0.39 is 0 Å². The number of anilines is 1. The van der Waals surface area contributed by atoms with Crippen LogP contribution >= 0.6 is 11.6 Å². The number of amides is 1. The van der Waals surface area contributed by atoms with Gasteiger partial charge in [-0.15, -0.1) is 0 Å². The molecular weight excluding hydrogens is 290 g/mol. The van der Waals surface area contributed by atoms with E-state index in [0.29, 0.717) is 16.9 Å². The molecule has 6 nitrogen and oxygen atoms in total. The van der Waals surface area contributed by atoms with Crippen LogP contribution in [0.15, 0.2) is 12.1 Å². The number of hydrogen-bond acceptors (Lipinski definition) is 5. The van der Waals surface area contributed by atoms with Gasteiger partial charge in [-0.1, -0.05) is 11.6 Å². The molecule has 21 heavy (non-hydrogen) atoms. The zero-order chi connectivity index (χ0) is 14.8. The zero-order valence-electron chi connectivity index (χ0n) is 11.9. The molecule has 1 aromatic heterocycles. The predicted octanol–water partition coefficient (Wildman–Crippen LogP) is 1.33. The smallest absolute Gasteiger partial charge is 0.274 e. The number of halogens is 1. The van der Waals surface area contributed by atoms with Gasteiger partial charge in [0, 0.05) is 19.1 Å². The highest BCUT2D eigenvalue weighted by molar-refractivity contribution is 6.33. The lowest BCUT2D eigenvalue weighted by molar-refractivity contribution is 0.0774. The molecule has 3 heterocycles. The fourth-order valence-electron chi connectivity index (χ4n) is 3.15. The molecule has 1 unspecified atom stereocenters. The molecule has 0 aromatic carbocycles. The number of aromatic nitrogens is 1. The normalized spacial score (nSPS) is 22.8. The molecule has 1 aromatic rings. The second-order valence-corrected chi connectivity index (χ2v) is 6.02. The second kappa shape index (κ2) is 6.17. The van der Waals surface area contributed by atoms with Gasteiger partial charge in [0.05, 0.1) is 5.02 Å². The van der Waals surface area contributed by atoms with E-state index in [-0.39, 0.29) is 11.6 Å². The Kier molecular flexibility index (Phi) is 4.28. The van der Waals surface area contributed by atoms with Crippen molar-refractivity contribution in [2.45, 2.75) is 25.3 Å². The van der Waals surface area contributed by atoms with Gasteiger partial charge in [-0.05, 0) is 44.5 Å².